The Labute approximate surface area is 73.1 Å². The van der Waals surface area contributed by atoms with Gasteiger partial charge in [0.25, 0.3) is 5.91 Å². The van der Waals surface area contributed by atoms with Crippen molar-refractivity contribution in [2.45, 2.75) is 20.3 Å². The Kier molecular flexibility index (Phi) is 6.01. The molecule has 0 saturated carbocycles. The standard InChI is InChI=1S/C9H15NO2/c1-4-5-6-7-12-10-9(11)8(2)3/h4-5H,2,6-7H2,1,3H3,(H,10,11)/b5-4+. The van der Waals surface area contributed by atoms with Crippen LogP contribution in [0.2, 0.25) is 0 Å². The van der Waals surface area contributed by atoms with Gasteiger partial charge in [-0.1, -0.05) is 18.7 Å². The van der Waals surface area contributed by atoms with Crippen molar-refractivity contribution >= 4 is 5.91 Å². The third-order valence-corrected chi connectivity index (χ3v) is 1.17. The molecular weight excluding hydrogens is 154 g/mol. The molecule has 3 heteroatoms. The Morgan fingerprint density at radius 3 is 2.83 bits per heavy atom. The average Bonchev–Trinajstić information content (AvgIpc) is 2.03. The molecule has 0 saturated heterocycles. The third-order valence-electron chi connectivity index (χ3n) is 1.17. The van der Waals surface area contributed by atoms with Crippen molar-refractivity contribution in [1.82, 2.24) is 5.48 Å². The van der Waals surface area contributed by atoms with Crippen LogP contribution in [0.1, 0.15) is 20.3 Å². The van der Waals surface area contributed by atoms with Gasteiger partial charge in [0.1, 0.15) is 0 Å². The molecule has 1 amide bonds. The highest BCUT2D eigenvalue weighted by atomic mass is 16.6. The van der Waals surface area contributed by atoms with E-state index in [4.69, 9.17) is 4.84 Å². The molecule has 0 aliphatic carbocycles. The van der Waals surface area contributed by atoms with Gasteiger partial charge in [0.2, 0.25) is 0 Å². The second-order valence-corrected chi connectivity index (χ2v) is 2.42. The fraction of sp³-hybridized carbons (Fsp3) is 0.444. The number of allylic oxidation sites excluding steroid dienone is 1. The molecule has 0 spiro atoms. The Bertz CT molecular complexity index is 185. The van der Waals surface area contributed by atoms with Gasteiger partial charge in [-0.2, -0.15) is 0 Å². The summed E-state index contributed by atoms with van der Waals surface area (Å²) in [4.78, 5) is 15.7. The van der Waals surface area contributed by atoms with E-state index in [-0.39, 0.29) is 5.91 Å². The van der Waals surface area contributed by atoms with Crippen molar-refractivity contribution in [3.8, 4) is 0 Å². The minimum atomic E-state index is -0.268. The lowest BCUT2D eigenvalue weighted by Crippen LogP contribution is -2.24. The Morgan fingerprint density at radius 2 is 2.33 bits per heavy atom. The number of hydrogen-bond donors (Lipinski definition) is 1. The minimum Gasteiger partial charge on any atom is -0.273 e. The van der Waals surface area contributed by atoms with E-state index in [1.165, 1.54) is 0 Å². The highest BCUT2D eigenvalue weighted by Crippen LogP contribution is 1.87. The normalized spacial score (nSPS) is 10.2. The number of amides is 1. The molecule has 0 aromatic rings. The SMILES string of the molecule is C=C(C)C(=O)NOCC/C=C/C. The summed E-state index contributed by atoms with van der Waals surface area (Å²) in [5.74, 6) is -0.268. The van der Waals surface area contributed by atoms with Crippen LogP contribution < -0.4 is 5.48 Å². The number of rotatable bonds is 5. The Balaban J connectivity index is 3.32. The van der Waals surface area contributed by atoms with Gasteiger partial charge in [-0.3, -0.25) is 9.63 Å². The van der Waals surface area contributed by atoms with Crippen LogP contribution in [0.4, 0.5) is 0 Å². The van der Waals surface area contributed by atoms with Gasteiger partial charge in [0, 0.05) is 5.57 Å². The summed E-state index contributed by atoms with van der Waals surface area (Å²) in [6, 6.07) is 0. The highest BCUT2D eigenvalue weighted by Gasteiger charge is 1.98. The molecule has 0 fully saturated rings. The van der Waals surface area contributed by atoms with Crippen LogP contribution in [0.25, 0.3) is 0 Å². The van der Waals surface area contributed by atoms with E-state index in [0.717, 1.165) is 6.42 Å². The summed E-state index contributed by atoms with van der Waals surface area (Å²) in [7, 11) is 0. The first-order chi connectivity index (χ1) is 5.68. The number of hydroxylamine groups is 1. The zero-order chi connectivity index (χ0) is 9.40. The second kappa shape index (κ2) is 6.61. The van der Waals surface area contributed by atoms with Crippen LogP contribution in [0, 0.1) is 0 Å². The van der Waals surface area contributed by atoms with E-state index < -0.39 is 0 Å². The first-order valence-electron chi connectivity index (χ1n) is 3.87. The lowest BCUT2D eigenvalue weighted by Gasteiger charge is -2.02. The minimum absolute atomic E-state index is 0.268. The number of carbonyl (C=O) groups is 1. The van der Waals surface area contributed by atoms with Gasteiger partial charge < -0.3 is 0 Å². The van der Waals surface area contributed by atoms with E-state index in [1.54, 1.807) is 6.92 Å². The summed E-state index contributed by atoms with van der Waals surface area (Å²) in [6.45, 7) is 7.52. The molecule has 0 heterocycles. The van der Waals surface area contributed by atoms with Crippen molar-refractivity contribution in [2.75, 3.05) is 6.61 Å². The van der Waals surface area contributed by atoms with Crippen LogP contribution in [0.5, 0.6) is 0 Å². The van der Waals surface area contributed by atoms with E-state index in [9.17, 15) is 4.79 Å². The van der Waals surface area contributed by atoms with E-state index in [1.807, 2.05) is 19.1 Å². The molecule has 0 rings (SSSR count). The number of hydrogen-bond acceptors (Lipinski definition) is 2. The lowest BCUT2D eigenvalue weighted by atomic mass is 10.3. The molecule has 0 aromatic heterocycles. The van der Waals surface area contributed by atoms with Crippen molar-refractivity contribution in [3.63, 3.8) is 0 Å². The summed E-state index contributed by atoms with van der Waals surface area (Å²) >= 11 is 0. The maximum absolute atomic E-state index is 10.8. The molecule has 1 N–H and O–H groups in total. The molecule has 12 heavy (non-hydrogen) atoms. The number of nitrogens with one attached hydrogen (secondary N) is 1. The average molecular weight is 169 g/mol. The van der Waals surface area contributed by atoms with Gasteiger partial charge in [0.15, 0.2) is 0 Å². The summed E-state index contributed by atoms with van der Waals surface area (Å²) in [5, 5.41) is 0. The lowest BCUT2D eigenvalue weighted by molar-refractivity contribution is -0.129. The predicted molar refractivity (Wildman–Crippen MR) is 48.3 cm³/mol. The quantitative estimate of drug-likeness (QED) is 0.293. The van der Waals surface area contributed by atoms with E-state index in [2.05, 4.69) is 12.1 Å². The van der Waals surface area contributed by atoms with Crippen molar-refractivity contribution < 1.29 is 9.63 Å². The molecule has 68 valence electrons. The second-order valence-electron chi connectivity index (χ2n) is 2.42. The van der Waals surface area contributed by atoms with Gasteiger partial charge in [-0.15, -0.1) is 0 Å². The summed E-state index contributed by atoms with van der Waals surface area (Å²) < 4.78 is 0. The third kappa shape index (κ3) is 5.68. The zero-order valence-electron chi connectivity index (χ0n) is 7.59. The van der Waals surface area contributed by atoms with Crippen LogP contribution in [-0.2, 0) is 9.63 Å². The summed E-state index contributed by atoms with van der Waals surface area (Å²) in [5.41, 5.74) is 2.71. The van der Waals surface area contributed by atoms with Gasteiger partial charge in [-0.25, -0.2) is 5.48 Å². The largest absolute Gasteiger partial charge is 0.273 e. The maximum atomic E-state index is 10.8. The van der Waals surface area contributed by atoms with Crippen molar-refractivity contribution in [2.24, 2.45) is 0 Å². The van der Waals surface area contributed by atoms with Gasteiger partial charge in [-0.05, 0) is 20.3 Å². The molecular formula is C9H15NO2. The Hall–Kier alpha value is -1.09. The van der Waals surface area contributed by atoms with Gasteiger partial charge in [0.05, 0.1) is 6.61 Å². The zero-order valence-corrected chi connectivity index (χ0v) is 7.59. The van der Waals surface area contributed by atoms with Crippen LogP contribution >= 0.6 is 0 Å². The van der Waals surface area contributed by atoms with Gasteiger partial charge >= 0.3 is 0 Å². The van der Waals surface area contributed by atoms with Crippen molar-refractivity contribution in [1.29, 1.82) is 0 Å². The van der Waals surface area contributed by atoms with Crippen LogP contribution in [-0.4, -0.2) is 12.5 Å². The predicted octanol–water partition coefficient (Wildman–Crippen LogP) is 1.58. The molecule has 3 nitrogen and oxygen atoms in total. The molecule has 0 radical (unpaired) electrons. The first kappa shape index (κ1) is 10.9. The molecule has 0 aromatic carbocycles. The first-order valence-corrected chi connectivity index (χ1v) is 3.87. The molecule has 0 aliphatic rings. The topological polar surface area (TPSA) is 38.3 Å². The van der Waals surface area contributed by atoms with Crippen LogP contribution in [0.15, 0.2) is 24.3 Å². The number of carbonyl (C=O) groups excluding carboxylic acids is 1. The van der Waals surface area contributed by atoms with Crippen LogP contribution in [0.3, 0.4) is 0 Å². The van der Waals surface area contributed by atoms with E-state index >= 15 is 0 Å². The van der Waals surface area contributed by atoms with E-state index in [0.29, 0.717) is 12.2 Å². The Morgan fingerprint density at radius 1 is 1.67 bits per heavy atom. The fourth-order valence-corrected chi connectivity index (χ4v) is 0.497. The smallest absolute Gasteiger partial charge is 0.269 e. The molecule has 0 bridgehead atoms. The molecule has 0 atom stereocenters. The maximum Gasteiger partial charge on any atom is 0.269 e. The van der Waals surface area contributed by atoms with Crippen molar-refractivity contribution in [3.05, 3.63) is 24.3 Å². The summed E-state index contributed by atoms with van der Waals surface area (Å²) in [6.07, 6.45) is 4.70. The molecule has 0 unspecified atom stereocenters. The fourth-order valence-electron chi connectivity index (χ4n) is 0.497. The monoisotopic (exact) mass is 169 g/mol. The highest BCUT2D eigenvalue weighted by molar-refractivity contribution is 5.91. The molecule has 0 aliphatic heterocycles.